The second kappa shape index (κ2) is 8.14. The number of benzene rings is 1. The van der Waals surface area contributed by atoms with Gasteiger partial charge < -0.3 is 20.9 Å². The summed E-state index contributed by atoms with van der Waals surface area (Å²) >= 11 is 0. The van der Waals surface area contributed by atoms with Crippen LogP contribution in [0.25, 0.3) is 0 Å². The van der Waals surface area contributed by atoms with Gasteiger partial charge in [0, 0.05) is 13.1 Å². The van der Waals surface area contributed by atoms with Crippen LogP contribution in [0.3, 0.4) is 0 Å². The van der Waals surface area contributed by atoms with Crippen molar-refractivity contribution in [3.8, 4) is 0 Å². The van der Waals surface area contributed by atoms with Crippen molar-refractivity contribution in [3.05, 3.63) is 59.4 Å². The largest absolute Gasteiger partial charge is 0.409 e. The van der Waals surface area contributed by atoms with E-state index in [4.69, 9.17) is 5.73 Å². The second-order valence-corrected chi connectivity index (χ2v) is 7.32. The lowest BCUT2D eigenvalue weighted by molar-refractivity contribution is -0.139. The molecular formula is C21H26FN3O3. The van der Waals surface area contributed by atoms with Gasteiger partial charge in [-0.2, -0.15) is 0 Å². The Balaban J connectivity index is 2.09. The van der Waals surface area contributed by atoms with Crippen LogP contribution in [0.2, 0.25) is 0 Å². The third-order valence-corrected chi connectivity index (χ3v) is 5.70. The summed E-state index contributed by atoms with van der Waals surface area (Å²) in [7, 11) is 0. The number of allylic oxidation sites excluding steroid dienone is 3. The normalized spacial score (nSPS) is 26.2. The minimum absolute atomic E-state index is 0.334. The van der Waals surface area contributed by atoms with E-state index in [1.54, 1.807) is 17.0 Å². The van der Waals surface area contributed by atoms with Crippen LogP contribution in [0.4, 0.5) is 4.39 Å². The molecule has 3 rings (SSSR count). The topological polar surface area (TPSA) is 99.2 Å². The highest BCUT2D eigenvalue weighted by Crippen LogP contribution is 2.47. The molecule has 2 unspecified atom stereocenters. The van der Waals surface area contributed by atoms with Crippen molar-refractivity contribution < 1.29 is 19.5 Å². The van der Waals surface area contributed by atoms with Crippen molar-refractivity contribution >= 4 is 11.7 Å². The van der Waals surface area contributed by atoms with E-state index in [0.717, 1.165) is 12.0 Å². The van der Waals surface area contributed by atoms with Crippen molar-refractivity contribution in [1.29, 1.82) is 0 Å². The molecule has 1 amide bonds. The van der Waals surface area contributed by atoms with Crippen molar-refractivity contribution in [3.63, 3.8) is 0 Å². The minimum atomic E-state index is -1.66. The number of aryl methyl sites for hydroxylation is 1. The van der Waals surface area contributed by atoms with Crippen molar-refractivity contribution in [2.24, 2.45) is 16.3 Å². The van der Waals surface area contributed by atoms with Crippen LogP contribution in [0.15, 0.2) is 53.5 Å². The van der Waals surface area contributed by atoms with Gasteiger partial charge in [-0.05, 0) is 36.5 Å². The van der Waals surface area contributed by atoms with Gasteiger partial charge in [0.25, 0.3) is 0 Å². The molecule has 0 bridgehead atoms. The fourth-order valence-corrected chi connectivity index (χ4v) is 4.02. The van der Waals surface area contributed by atoms with Crippen molar-refractivity contribution in [2.75, 3.05) is 13.1 Å². The molecule has 1 aliphatic heterocycles. The zero-order valence-corrected chi connectivity index (χ0v) is 15.9. The van der Waals surface area contributed by atoms with E-state index < -0.39 is 29.2 Å². The Labute approximate surface area is 163 Å². The molecule has 1 aliphatic carbocycles. The smallest absolute Gasteiger partial charge is 0.241 e. The van der Waals surface area contributed by atoms with Crippen LogP contribution in [0.5, 0.6) is 0 Å². The number of oxime groups is 1. The summed E-state index contributed by atoms with van der Waals surface area (Å²) in [5, 5.41) is 22.3. The van der Waals surface area contributed by atoms with Gasteiger partial charge >= 0.3 is 0 Å². The maximum absolute atomic E-state index is 15.1. The molecule has 1 aromatic rings. The Bertz CT molecular complexity index is 811. The van der Waals surface area contributed by atoms with E-state index in [2.05, 4.69) is 5.16 Å². The number of carbonyl (C=O) groups is 1. The molecule has 150 valence electrons. The van der Waals surface area contributed by atoms with Crippen LogP contribution < -0.4 is 5.73 Å². The first-order valence-electron chi connectivity index (χ1n) is 9.53. The summed E-state index contributed by atoms with van der Waals surface area (Å²) < 4.78 is 15.1. The molecule has 1 saturated heterocycles. The lowest BCUT2D eigenvalue weighted by Gasteiger charge is -2.42. The van der Waals surface area contributed by atoms with Crippen LogP contribution in [-0.4, -0.2) is 46.1 Å². The Morgan fingerprint density at radius 3 is 2.54 bits per heavy atom. The highest BCUT2D eigenvalue weighted by molar-refractivity contribution is 6.10. The molecule has 4 N–H and O–H groups in total. The number of nitrogens with zero attached hydrogens (tertiary/aromatic N) is 2. The third-order valence-electron chi connectivity index (χ3n) is 5.70. The maximum atomic E-state index is 15.1. The van der Waals surface area contributed by atoms with Gasteiger partial charge in [-0.1, -0.05) is 48.5 Å². The van der Waals surface area contributed by atoms with E-state index in [1.807, 2.05) is 19.1 Å². The Morgan fingerprint density at radius 1 is 1.32 bits per heavy atom. The molecule has 1 fully saturated rings. The van der Waals surface area contributed by atoms with Crippen LogP contribution in [0, 0.1) is 5.41 Å². The quantitative estimate of drug-likeness (QED) is 0.320. The summed E-state index contributed by atoms with van der Waals surface area (Å²) in [4.78, 5) is 15.1. The summed E-state index contributed by atoms with van der Waals surface area (Å²) in [5.74, 6) is -2.34. The first-order valence-corrected chi connectivity index (χ1v) is 9.53. The molecular weight excluding hydrogens is 361 g/mol. The molecule has 0 aromatic heterocycles. The summed E-state index contributed by atoms with van der Waals surface area (Å²) in [6, 6.07) is 7.34. The number of nitrogens with two attached hydrogens (primary N) is 1. The van der Waals surface area contributed by atoms with Gasteiger partial charge in [-0.25, -0.2) is 4.39 Å². The fourth-order valence-electron chi connectivity index (χ4n) is 4.02. The van der Waals surface area contributed by atoms with E-state index in [-0.39, 0.29) is 5.84 Å². The predicted octanol–water partition coefficient (Wildman–Crippen LogP) is 2.47. The lowest BCUT2D eigenvalue weighted by Crippen LogP contribution is -2.56. The number of amidine groups is 1. The van der Waals surface area contributed by atoms with Gasteiger partial charge in [-0.3, -0.25) is 4.79 Å². The van der Waals surface area contributed by atoms with E-state index in [0.29, 0.717) is 31.5 Å². The molecule has 1 heterocycles. The maximum Gasteiger partial charge on any atom is 0.241 e. The number of aliphatic hydroxyl groups excluding tert-OH is 1. The molecule has 1 aromatic carbocycles. The summed E-state index contributed by atoms with van der Waals surface area (Å²) in [6.45, 7) is 2.69. The monoisotopic (exact) mass is 387 g/mol. The van der Waals surface area contributed by atoms with Crippen LogP contribution in [-0.2, 0) is 11.2 Å². The first kappa shape index (κ1) is 20.1. The highest BCUT2D eigenvalue weighted by Gasteiger charge is 2.53. The number of hydrogen-bond acceptors (Lipinski definition) is 4. The molecule has 28 heavy (non-hydrogen) atoms. The first-order chi connectivity index (χ1) is 13.4. The molecule has 2 aliphatic rings. The summed E-state index contributed by atoms with van der Waals surface area (Å²) in [5.41, 5.74) is 6.02. The van der Waals surface area contributed by atoms with Crippen molar-refractivity contribution in [2.45, 2.75) is 38.2 Å². The molecule has 0 radical (unpaired) electrons. The van der Waals surface area contributed by atoms with Crippen molar-refractivity contribution in [1.82, 2.24) is 4.90 Å². The average molecular weight is 387 g/mol. The van der Waals surface area contributed by atoms with Gasteiger partial charge in [-0.15, -0.1) is 0 Å². The van der Waals surface area contributed by atoms with Gasteiger partial charge in [0.1, 0.15) is 11.2 Å². The fraction of sp³-hybridized carbons (Fsp3) is 0.429. The number of halogens is 1. The molecule has 7 heteroatoms. The van der Waals surface area contributed by atoms with E-state index in [1.165, 1.54) is 18.2 Å². The Hall–Kier alpha value is -2.67. The number of amides is 1. The minimum Gasteiger partial charge on any atom is -0.409 e. The SMILES string of the molecule is CCc1ccc(C2C(F)=CC=CC2(C(=O)N2CCC(O)CC2)C(N)=NO)cc1. The Kier molecular flexibility index (Phi) is 5.84. The van der Waals surface area contributed by atoms with Gasteiger partial charge in [0.05, 0.1) is 12.0 Å². The second-order valence-electron chi connectivity index (χ2n) is 7.32. The van der Waals surface area contributed by atoms with Gasteiger partial charge in [0.15, 0.2) is 5.84 Å². The van der Waals surface area contributed by atoms with Crippen LogP contribution in [0.1, 0.15) is 36.8 Å². The average Bonchev–Trinajstić information content (AvgIpc) is 2.73. The van der Waals surface area contributed by atoms with Gasteiger partial charge in [0.2, 0.25) is 5.91 Å². The highest BCUT2D eigenvalue weighted by atomic mass is 19.1. The Morgan fingerprint density at radius 2 is 1.96 bits per heavy atom. The zero-order valence-electron chi connectivity index (χ0n) is 15.9. The number of hydrogen-bond donors (Lipinski definition) is 3. The number of aliphatic hydroxyl groups is 1. The number of rotatable bonds is 4. The molecule has 2 atom stereocenters. The summed E-state index contributed by atoms with van der Waals surface area (Å²) in [6.07, 6.45) is 5.50. The molecule has 0 spiro atoms. The van der Waals surface area contributed by atoms with E-state index >= 15 is 4.39 Å². The standard InChI is InChI=1S/C21H26FN3O3/c1-2-14-5-7-15(8-6-14)18-17(22)4-3-11-21(18,19(23)24-28)20(27)25-12-9-16(26)10-13-25/h3-8,11,16,18,26,28H,2,9-10,12-13H2,1H3,(H2,23,24). The lowest BCUT2D eigenvalue weighted by atomic mass is 9.67. The van der Waals surface area contributed by atoms with Crippen LogP contribution >= 0.6 is 0 Å². The van der Waals surface area contributed by atoms with E-state index in [9.17, 15) is 15.1 Å². The molecule has 0 saturated carbocycles. The zero-order chi connectivity index (χ0) is 20.3. The molecule has 6 nitrogen and oxygen atoms in total. The predicted molar refractivity (Wildman–Crippen MR) is 105 cm³/mol. The third kappa shape index (κ3) is 3.42. The number of carbonyl (C=O) groups excluding carboxylic acids is 1. The number of likely N-dealkylation sites (tertiary alicyclic amines) is 1. The number of piperidine rings is 1.